The molecule has 0 unspecified atom stereocenters. The van der Waals surface area contributed by atoms with Crippen LogP contribution in [0.15, 0.2) is 125 Å². The molecule has 4 aromatic carbocycles. The summed E-state index contributed by atoms with van der Waals surface area (Å²) in [5, 5.41) is 2.43. The summed E-state index contributed by atoms with van der Waals surface area (Å²) >= 11 is 0. The van der Waals surface area contributed by atoms with Gasteiger partial charge in [0.05, 0.1) is 16.9 Å². The van der Waals surface area contributed by atoms with Gasteiger partial charge in [-0.25, -0.2) is 4.98 Å². The van der Waals surface area contributed by atoms with Gasteiger partial charge in [0.15, 0.2) is 0 Å². The zero-order valence-electron chi connectivity index (χ0n) is 20.2. The minimum atomic E-state index is -0.0759. The van der Waals surface area contributed by atoms with Crippen LogP contribution in [-0.4, -0.2) is 9.55 Å². The van der Waals surface area contributed by atoms with Gasteiger partial charge in [0.1, 0.15) is 5.58 Å². The molecule has 5 aromatic rings. The third kappa shape index (κ3) is 3.38. The van der Waals surface area contributed by atoms with Crippen molar-refractivity contribution in [1.29, 1.82) is 0 Å². The van der Waals surface area contributed by atoms with Crippen molar-refractivity contribution < 1.29 is 4.42 Å². The van der Waals surface area contributed by atoms with Gasteiger partial charge in [-0.1, -0.05) is 90.5 Å². The largest absolute Gasteiger partial charge is 0.438 e. The van der Waals surface area contributed by atoms with Gasteiger partial charge >= 0.3 is 0 Å². The number of aryl methyl sites for hydroxylation is 1. The highest BCUT2D eigenvalue weighted by Gasteiger charge is 2.29. The Morgan fingerprint density at radius 3 is 2.19 bits per heavy atom. The van der Waals surface area contributed by atoms with Gasteiger partial charge in [0, 0.05) is 28.1 Å². The quantitative estimate of drug-likeness (QED) is 0.259. The molecule has 0 N–H and O–H groups in total. The predicted molar refractivity (Wildman–Crippen MR) is 149 cm³/mol. The molecule has 0 aliphatic carbocycles. The molecule has 0 spiro atoms. The van der Waals surface area contributed by atoms with E-state index < -0.39 is 0 Å². The van der Waals surface area contributed by atoms with Crippen molar-refractivity contribution in [3.05, 3.63) is 131 Å². The summed E-state index contributed by atoms with van der Waals surface area (Å²) in [6, 6.07) is 36.1. The van der Waals surface area contributed by atoms with Gasteiger partial charge in [-0.05, 0) is 42.1 Å². The Hall–Kier alpha value is -4.96. The Morgan fingerprint density at radius 2 is 1.38 bits per heavy atom. The van der Waals surface area contributed by atoms with E-state index in [0.29, 0.717) is 16.9 Å². The number of aromatic nitrogens is 2. The fourth-order valence-corrected chi connectivity index (χ4v) is 5.14. The van der Waals surface area contributed by atoms with Gasteiger partial charge in [-0.3, -0.25) is 9.36 Å². The van der Waals surface area contributed by atoms with Crippen LogP contribution in [0, 0.1) is 6.92 Å². The maximum atomic E-state index is 13.9. The Morgan fingerprint density at radius 1 is 0.676 bits per heavy atom. The Bertz CT molecular complexity index is 1950. The molecule has 7 rings (SSSR count). The summed E-state index contributed by atoms with van der Waals surface area (Å²) in [6.45, 7) is 2.08. The fraction of sp³-hybridized carbons (Fsp3) is 0.0303. The van der Waals surface area contributed by atoms with E-state index in [4.69, 9.17) is 9.40 Å². The molecule has 0 saturated carbocycles. The number of benzene rings is 4. The van der Waals surface area contributed by atoms with Crippen molar-refractivity contribution in [2.75, 3.05) is 0 Å². The second kappa shape index (κ2) is 8.32. The molecule has 0 radical (unpaired) electrons. The first-order valence-corrected chi connectivity index (χ1v) is 12.3. The molecule has 3 heterocycles. The van der Waals surface area contributed by atoms with Crippen LogP contribution in [0.2, 0.25) is 0 Å². The lowest BCUT2D eigenvalue weighted by Gasteiger charge is -2.16. The molecule has 176 valence electrons. The van der Waals surface area contributed by atoms with Crippen LogP contribution in [0.25, 0.3) is 61.3 Å². The highest BCUT2D eigenvalue weighted by molar-refractivity contribution is 6.04. The van der Waals surface area contributed by atoms with Crippen LogP contribution < -0.4 is 5.56 Å². The van der Waals surface area contributed by atoms with E-state index in [-0.39, 0.29) is 5.56 Å². The second-order valence-corrected chi connectivity index (χ2v) is 9.27. The minimum Gasteiger partial charge on any atom is -0.438 e. The lowest BCUT2D eigenvalue weighted by molar-refractivity contribution is 0.602. The van der Waals surface area contributed by atoms with Gasteiger partial charge in [0.25, 0.3) is 5.56 Å². The van der Waals surface area contributed by atoms with E-state index in [2.05, 4.69) is 43.3 Å². The molecule has 2 aliphatic heterocycles. The van der Waals surface area contributed by atoms with Crippen molar-refractivity contribution in [1.82, 2.24) is 9.55 Å². The second-order valence-electron chi connectivity index (χ2n) is 9.27. The van der Waals surface area contributed by atoms with Crippen molar-refractivity contribution in [3.8, 4) is 39.5 Å². The van der Waals surface area contributed by atoms with Gasteiger partial charge in [-0.2, -0.15) is 0 Å². The average molecular weight is 479 g/mol. The normalized spacial score (nSPS) is 11.5. The summed E-state index contributed by atoms with van der Waals surface area (Å²) in [7, 11) is 0. The highest BCUT2D eigenvalue weighted by Crippen LogP contribution is 2.47. The smallest absolute Gasteiger partial charge is 0.262 e. The number of fused-ring (bicyclic) bond motifs is 3. The van der Waals surface area contributed by atoms with Crippen molar-refractivity contribution in [2.24, 2.45) is 0 Å². The van der Waals surface area contributed by atoms with E-state index >= 15 is 0 Å². The summed E-state index contributed by atoms with van der Waals surface area (Å²) < 4.78 is 8.14. The molecule has 0 fully saturated rings. The third-order valence-electron chi connectivity index (χ3n) is 6.94. The first-order valence-electron chi connectivity index (χ1n) is 12.3. The molecule has 0 amide bonds. The molecular weight excluding hydrogens is 456 g/mol. The van der Waals surface area contributed by atoms with Gasteiger partial charge < -0.3 is 4.42 Å². The van der Waals surface area contributed by atoms with Crippen LogP contribution in [-0.2, 0) is 0 Å². The summed E-state index contributed by atoms with van der Waals surface area (Å²) in [5.41, 5.74) is 7.16. The van der Waals surface area contributed by atoms with Crippen molar-refractivity contribution >= 4 is 21.7 Å². The van der Waals surface area contributed by atoms with Gasteiger partial charge in [0.2, 0.25) is 5.89 Å². The maximum absolute atomic E-state index is 13.9. The Kier molecular flexibility index (Phi) is 4.79. The van der Waals surface area contributed by atoms with Crippen LogP contribution in [0.3, 0.4) is 0 Å². The SMILES string of the molecule is Cc1ccc(-c2c(-c3ccccc3)nc3oc4ccccc4c(-n4ccc5ccccc5c4=O)c2-3)cc1. The molecule has 4 heteroatoms. The summed E-state index contributed by atoms with van der Waals surface area (Å²) in [6.07, 6.45) is 1.86. The monoisotopic (exact) mass is 478 g/mol. The molecule has 4 nitrogen and oxygen atoms in total. The van der Waals surface area contributed by atoms with Gasteiger partial charge in [-0.15, -0.1) is 0 Å². The molecule has 1 aromatic heterocycles. The lowest BCUT2D eigenvalue weighted by atomic mass is 9.94. The number of para-hydroxylation sites is 1. The number of hydrogen-bond donors (Lipinski definition) is 0. The molecule has 0 saturated heterocycles. The van der Waals surface area contributed by atoms with E-state index in [1.807, 2.05) is 79.0 Å². The van der Waals surface area contributed by atoms with Crippen molar-refractivity contribution in [3.63, 3.8) is 0 Å². The number of pyridine rings is 1. The standard InChI is InChI=1S/C33H22N2O2/c1-21-15-17-23(18-16-21)28-29-31(35-20-19-22-9-5-6-12-25(22)33(35)36)26-13-7-8-14-27(26)37-32(29)34-30(28)24-10-3-2-4-11-24/h2-20H,1H3. The number of nitrogens with zero attached hydrogens (tertiary/aromatic N) is 2. The Balaban J connectivity index is 1.68. The van der Waals surface area contributed by atoms with E-state index in [1.54, 1.807) is 4.57 Å². The zero-order valence-corrected chi connectivity index (χ0v) is 20.2. The minimum absolute atomic E-state index is 0.0759. The summed E-state index contributed by atoms with van der Waals surface area (Å²) in [5.74, 6) is 0.503. The van der Waals surface area contributed by atoms with E-state index in [9.17, 15) is 4.79 Å². The Labute approximate surface area is 213 Å². The first kappa shape index (κ1) is 21.3. The maximum Gasteiger partial charge on any atom is 0.262 e. The topological polar surface area (TPSA) is 48.0 Å². The van der Waals surface area contributed by atoms with Crippen LogP contribution in [0.5, 0.6) is 0 Å². The van der Waals surface area contributed by atoms with E-state index in [1.165, 1.54) is 5.56 Å². The fourth-order valence-electron chi connectivity index (χ4n) is 5.14. The number of rotatable bonds is 3. The van der Waals surface area contributed by atoms with Crippen molar-refractivity contribution in [2.45, 2.75) is 6.92 Å². The van der Waals surface area contributed by atoms with Crippen LogP contribution >= 0.6 is 0 Å². The predicted octanol–water partition coefficient (Wildman–Crippen LogP) is 7.88. The average Bonchev–Trinajstić information content (AvgIpc) is 3.32. The molecule has 2 aliphatic rings. The molecule has 37 heavy (non-hydrogen) atoms. The molecule has 0 atom stereocenters. The van der Waals surface area contributed by atoms with Crippen LogP contribution in [0.1, 0.15) is 5.56 Å². The van der Waals surface area contributed by atoms with E-state index in [0.717, 1.165) is 44.4 Å². The highest BCUT2D eigenvalue weighted by atomic mass is 16.3. The summed E-state index contributed by atoms with van der Waals surface area (Å²) in [4.78, 5) is 18.9. The van der Waals surface area contributed by atoms with Crippen LogP contribution in [0.4, 0.5) is 0 Å². The third-order valence-corrected chi connectivity index (χ3v) is 6.94. The first-order chi connectivity index (χ1) is 18.2. The zero-order chi connectivity index (χ0) is 24.9. The lowest BCUT2D eigenvalue weighted by Crippen LogP contribution is -2.18. The number of hydrogen-bond acceptors (Lipinski definition) is 3. The molecular formula is C33H22N2O2. The molecule has 0 bridgehead atoms.